The number of nitriles is 1. The molecule has 4 rings (SSSR count). The summed E-state index contributed by atoms with van der Waals surface area (Å²) in [5.74, 6) is 0. The van der Waals surface area contributed by atoms with Crippen LogP contribution < -0.4 is 0 Å². The lowest BCUT2D eigenvalue weighted by Gasteiger charge is -2.10. The molecule has 2 heterocycles. The molecule has 0 radical (unpaired) electrons. The second-order valence-corrected chi connectivity index (χ2v) is 5.73. The molecule has 26 heavy (non-hydrogen) atoms. The molecule has 0 aliphatic carbocycles. The fourth-order valence-corrected chi connectivity index (χ4v) is 2.78. The molecule has 0 saturated heterocycles. The maximum atomic E-state index is 8.71. The highest BCUT2D eigenvalue weighted by molar-refractivity contribution is 5.85. The van der Waals surface area contributed by atoms with Crippen LogP contribution in [0.25, 0.3) is 39.8 Å². The average molecular weight is 334 g/mol. The van der Waals surface area contributed by atoms with Crippen LogP contribution in [0, 0.1) is 11.3 Å². The van der Waals surface area contributed by atoms with Gasteiger partial charge < -0.3 is 0 Å². The van der Waals surface area contributed by atoms with E-state index >= 15 is 0 Å². The zero-order chi connectivity index (χ0) is 17.8. The van der Waals surface area contributed by atoms with E-state index in [-0.39, 0.29) is 0 Å². The first kappa shape index (κ1) is 15.7. The minimum Gasteiger partial charge on any atom is -0.242 e. The molecule has 0 aliphatic rings. The lowest BCUT2D eigenvalue weighted by molar-refractivity contribution is 1.22. The summed E-state index contributed by atoms with van der Waals surface area (Å²) in [6.07, 6.45) is 4.83. The van der Waals surface area contributed by atoms with Gasteiger partial charge in [0.2, 0.25) is 0 Å². The highest BCUT2D eigenvalue weighted by Crippen LogP contribution is 2.30. The van der Waals surface area contributed by atoms with Gasteiger partial charge in [-0.15, -0.1) is 0 Å². The molecule has 0 fully saturated rings. The Kier molecular flexibility index (Phi) is 4.19. The van der Waals surface area contributed by atoms with E-state index in [0.29, 0.717) is 11.2 Å². The van der Waals surface area contributed by atoms with Crippen LogP contribution in [0.2, 0.25) is 0 Å². The quantitative estimate of drug-likeness (QED) is 0.500. The van der Waals surface area contributed by atoms with Crippen molar-refractivity contribution in [2.75, 3.05) is 0 Å². The summed E-state index contributed by atoms with van der Waals surface area (Å²) in [7, 11) is 0. The molecule has 0 spiro atoms. The fraction of sp³-hybridized carbons (Fsp3) is 0. The van der Waals surface area contributed by atoms with Gasteiger partial charge in [0.05, 0.1) is 17.5 Å². The van der Waals surface area contributed by atoms with Gasteiger partial charge in [-0.2, -0.15) is 5.26 Å². The van der Waals surface area contributed by atoms with E-state index in [9.17, 15) is 0 Å². The van der Waals surface area contributed by atoms with Crippen molar-refractivity contribution in [2.24, 2.45) is 0 Å². The van der Waals surface area contributed by atoms with Crippen molar-refractivity contribution in [1.82, 2.24) is 15.0 Å². The largest absolute Gasteiger partial charge is 0.242 e. The Hall–Kier alpha value is -3.84. The Labute approximate surface area is 151 Å². The van der Waals surface area contributed by atoms with E-state index in [1.807, 2.05) is 72.8 Å². The van der Waals surface area contributed by atoms with Gasteiger partial charge in [-0.25, -0.2) is 15.0 Å². The van der Waals surface area contributed by atoms with Crippen LogP contribution >= 0.6 is 0 Å². The Morgan fingerprint density at radius 1 is 0.808 bits per heavy atom. The molecular weight excluding hydrogens is 320 g/mol. The maximum Gasteiger partial charge on any atom is 0.178 e. The average Bonchev–Trinajstić information content (AvgIpc) is 2.72. The predicted octanol–water partition coefficient (Wildman–Crippen LogP) is 4.90. The van der Waals surface area contributed by atoms with Crippen molar-refractivity contribution in [3.8, 4) is 28.6 Å². The third-order valence-electron chi connectivity index (χ3n) is 3.99. The fourth-order valence-electron chi connectivity index (χ4n) is 2.78. The standard InChI is InChI=1S/C22H14N4/c23-13-7-8-16-14-19-22(24-15-16)26-21(18-11-5-2-6-12-18)20(25-19)17-9-3-1-4-10-17/h1-12,14-15H/b8-7+. The molecule has 2 aromatic heterocycles. The molecular formula is C22H14N4. The van der Waals surface area contributed by atoms with Crippen molar-refractivity contribution >= 4 is 17.2 Å². The lowest BCUT2D eigenvalue weighted by Crippen LogP contribution is -1.97. The highest BCUT2D eigenvalue weighted by atomic mass is 14.9. The van der Waals surface area contributed by atoms with Crippen molar-refractivity contribution in [3.05, 3.63) is 84.6 Å². The summed E-state index contributed by atoms with van der Waals surface area (Å²) >= 11 is 0. The first-order valence-electron chi connectivity index (χ1n) is 8.20. The molecule has 0 bridgehead atoms. The summed E-state index contributed by atoms with van der Waals surface area (Å²) in [6.45, 7) is 0. The van der Waals surface area contributed by atoms with Gasteiger partial charge in [-0.3, -0.25) is 0 Å². The zero-order valence-corrected chi connectivity index (χ0v) is 13.9. The van der Waals surface area contributed by atoms with Gasteiger partial charge in [0.25, 0.3) is 0 Å². The monoisotopic (exact) mass is 334 g/mol. The molecule has 0 unspecified atom stereocenters. The molecule has 0 atom stereocenters. The minimum absolute atomic E-state index is 0.581. The first-order valence-corrected chi connectivity index (χ1v) is 8.20. The van der Waals surface area contributed by atoms with Gasteiger partial charge in [0, 0.05) is 23.4 Å². The Balaban J connectivity index is 1.97. The van der Waals surface area contributed by atoms with E-state index in [1.54, 1.807) is 12.3 Å². The van der Waals surface area contributed by atoms with Crippen molar-refractivity contribution < 1.29 is 0 Å². The van der Waals surface area contributed by atoms with Crippen LogP contribution in [0.3, 0.4) is 0 Å². The van der Waals surface area contributed by atoms with Gasteiger partial charge >= 0.3 is 0 Å². The number of nitrogens with zero attached hydrogens (tertiary/aromatic N) is 4. The number of hydrogen-bond donors (Lipinski definition) is 0. The van der Waals surface area contributed by atoms with Crippen LogP contribution in [0.4, 0.5) is 0 Å². The zero-order valence-electron chi connectivity index (χ0n) is 13.9. The number of allylic oxidation sites excluding steroid dienone is 1. The number of aromatic nitrogens is 3. The predicted molar refractivity (Wildman–Crippen MR) is 103 cm³/mol. The van der Waals surface area contributed by atoms with Crippen LogP contribution in [0.15, 0.2) is 79.0 Å². The summed E-state index contributed by atoms with van der Waals surface area (Å²) in [5.41, 5.74) is 5.71. The molecule has 122 valence electrons. The minimum atomic E-state index is 0.581. The van der Waals surface area contributed by atoms with E-state index < -0.39 is 0 Å². The van der Waals surface area contributed by atoms with Gasteiger partial charge in [0.15, 0.2) is 5.65 Å². The highest BCUT2D eigenvalue weighted by Gasteiger charge is 2.13. The Morgan fingerprint density at radius 2 is 1.42 bits per heavy atom. The number of fused-ring (bicyclic) bond motifs is 1. The van der Waals surface area contributed by atoms with E-state index in [4.69, 9.17) is 15.2 Å². The molecule has 0 amide bonds. The number of benzene rings is 2. The van der Waals surface area contributed by atoms with Gasteiger partial charge in [0.1, 0.15) is 5.52 Å². The Morgan fingerprint density at radius 3 is 2.04 bits per heavy atom. The Bertz CT molecular complexity index is 1130. The van der Waals surface area contributed by atoms with E-state index in [0.717, 1.165) is 28.1 Å². The molecule has 4 nitrogen and oxygen atoms in total. The first-order chi connectivity index (χ1) is 12.8. The van der Waals surface area contributed by atoms with E-state index in [1.165, 1.54) is 6.08 Å². The number of pyridine rings is 1. The molecule has 4 aromatic rings. The van der Waals surface area contributed by atoms with Crippen LogP contribution in [-0.2, 0) is 0 Å². The summed E-state index contributed by atoms with van der Waals surface area (Å²) < 4.78 is 0. The molecule has 2 aromatic carbocycles. The van der Waals surface area contributed by atoms with Crippen molar-refractivity contribution in [1.29, 1.82) is 5.26 Å². The van der Waals surface area contributed by atoms with Crippen molar-refractivity contribution in [3.63, 3.8) is 0 Å². The van der Waals surface area contributed by atoms with Crippen molar-refractivity contribution in [2.45, 2.75) is 0 Å². The summed E-state index contributed by atoms with van der Waals surface area (Å²) in [5, 5.41) is 8.71. The maximum absolute atomic E-state index is 8.71. The summed E-state index contributed by atoms with van der Waals surface area (Å²) in [4.78, 5) is 14.0. The number of rotatable bonds is 3. The van der Waals surface area contributed by atoms with Crippen LogP contribution in [0.5, 0.6) is 0 Å². The second kappa shape index (κ2) is 6.96. The normalized spacial score (nSPS) is 10.9. The molecule has 0 aliphatic heterocycles. The molecule has 0 saturated carbocycles. The molecule has 4 heteroatoms. The van der Waals surface area contributed by atoms with Gasteiger partial charge in [-0.1, -0.05) is 60.7 Å². The summed E-state index contributed by atoms with van der Waals surface area (Å²) in [6, 6.07) is 23.9. The van der Waals surface area contributed by atoms with Crippen LogP contribution in [0.1, 0.15) is 5.56 Å². The second-order valence-electron chi connectivity index (χ2n) is 5.73. The smallest absolute Gasteiger partial charge is 0.178 e. The third kappa shape index (κ3) is 3.06. The van der Waals surface area contributed by atoms with Gasteiger partial charge in [-0.05, 0) is 17.7 Å². The topological polar surface area (TPSA) is 62.5 Å². The lowest BCUT2D eigenvalue weighted by atomic mass is 10.0. The SMILES string of the molecule is N#C/C=C/c1cnc2nc(-c3ccccc3)c(-c3ccccc3)nc2c1. The van der Waals surface area contributed by atoms with Crippen LogP contribution in [-0.4, -0.2) is 15.0 Å². The molecule has 0 N–H and O–H groups in total. The van der Waals surface area contributed by atoms with E-state index in [2.05, 4.69) is 4.98 Å². The third-order valence-corrected chi connectivity index (χ3v) is 3.99. The number of hydrogen-bond acceptors (Lipinski definition) is 4.